The van der Waals surface area contributed by atoms with Crippen LogP contribution in [-0.2, 0) is 12.8 Å². The maximum atomic E-state index is 11.6. The number of carbonyl (C=O) groups is 1. The van der Waals surface area contributed by atoms with Crippen LogP contribution < -0.4 is 10.5 Å². The molecule has 1 aliphatic rings. The second-order valence-electron chi connectivity index (χ2n) is 8.12. The third kappa shape index (κ3) is 4.42. The predicted octanol–water partition coefficient (Wildman–Crippen LogP) is 3.69. The molecule has 4 rings (SSSR count). The van der Waals surface area contributed by atoms with Crippen molar-refractivity contribution in [3.8, 4) is 11.8 Å². The highest BCUT2D eigenvalue weighted by Crippen LogP contribution is 2.29. The molecule has 1 aromatic heterocycles. The van der Waals surface area contributed by atoms with E-state index < -0.39 is 5.91 Å². The summed E-state index contributed by atoms with van der Waals surface area (Å²) in [5.74, 6) is 0.475. The standard InChI is InChI=1S/C25H28N4O2/c1-31-24-4-2-3-18(7-12-26)22(24)11-15-28-13-9-21(10-14-28)29-16-8-19-5-6-20(25(27)30)17-23(19)29/h2-6,8,16-17,21H,7,9-11,13-15H2,1H3,(H2,27,30). The molecule has 31 heavy (non-hydrogen) atoms. The van der Waals surface area contributed by atoms with Crippen LogP contribution in [0.25, 0.3) is 10.9 Å². The maximum Gasteiger partial charge on any atom is 0.248 e. The minimum Gasteiger partial charge on any atom is -0.496 e. The number of benzene rings is 2. The Bertz CT molecular complexity index is 1120. The number of primary amides is 1. The number of nitriles is 1. The third-order valence-electron chi connectivity index (χ3n) is 6.36. The van der Waals surface area contributed by atoms with Gasteiger partial charge in [0.1, 0.15) is 5.75 Å². The largest absolute Gasteiger partial charge is 0.496 e. The maximum absolute atomic E-state index is 11.6. The van der Waals surface area contributed by atoms with Gasteiger partial charge in [-0.1, -0.05) is 18.2 Å². The van der Waals surface area contributed by atoms with Crippen LogP contribution in [0.15, 0.2) is 48.7 Å². The zero-order valence-electron chi connectivity index (χ0n) is 17.9. The molecule has 1 amide bonds. The second-order valence-corrected chi connectivity index (χ2v) is 8.12. The summed E-state index contributed by atoms with van der Waals surface area (Å²) in [5, 5.41) is 10.3. The van der Waals surface area contributed by atoms with Gasteiger partial charge < -0.3 is 19.9 Å². The summed E-state index contributed by atoms with van der Waals surface area (Å²) in [5.41, 5.74) is 9.29. The number of likely N-dealkylation sites (tertiary alicyclic amines) is 1. The predicted molar refractivity (Wildman–Crippen MR) is 121 cm³/mol. The van der Waals surface area contributed by atoms with Crippen molar-refractivity contribution in [2.24, 2.45) is 5.73 Å². The molecule has 2 heterocycles. The van der Waals surface area contributed by atoms with Crippen LogP contribution in [-0.4, -0.2) is 42.1 Å². The van der Waals surface area contributed by atoms with Crippen LogP contribution in [0.2, 0.25) is 0 Å². The van der Waals surface area contributed by atoms with Gasteiger partial charge in [-0.3, -0.25) is 4.79 Å². The van der Waals surface area contributed by atoms with Crippen LogP contribution in [0.3, 0.4) is 0 Å². The van der Waals surface area contributed by atoms with Crippen molar-refractivity contribution >= 4 is 16.8 Å². The summed E-state index contributed by atoms with van der Waals surface area (Å²) >= 11 is 0. The Morgan fingerprint density at radius 2 is 2.03 bits per heavy atom. The first-order chi connectivity index (χ1) is 15.1. The topological polar surface area (TPSA) is 84.3 Å². The van der Waals surface area contributed by atoms with Crippen molar-refractivity contribution in [1.29, 1.82) is 5.26 Å². The molecule has 0 aliphatic carbocycles. The van der Waals surface area contributed by atoms with E-state index in [4.69, 9.17) is 15.7 Å². The number of ether oxygens (including phenoxy) is 1. The number of aromatic nitrogens is 1. The van der Waals surface area contributed by atoms with Crippen LogP contribution >= 0.6 is 0 Å². The number of carbonyl (C=O) groups excluding carboxylic acids is 1. The number of rotatable bonds is 7. The van der Waals surface area contributed by atoms with Gasteiger partial charge in [-0.05, 0) is 60.0 Å². The highest BCUT2D eigenvalue weighted by atomic mass is 16.5. The van der Waals surface area contributed by atoms with E-state index in [2.05, 4.69) is 27.8 Å². The molecule has 1 aliphatic heterocycles. The molecule has 3 aromatic rings. The van der Waals surface area contributed by atoms with E-state index in [0.717, 1.165) is 66.7 Å². The zero-order chi connectivity index (χ0) is 21.8. The van der Waals surface area contributed by atoms with E-state index in [-0.39, 0.29) is 0 Å². The van der Waals surface area contributed by atoms with Crippen molar-refractivity contribution in [2.75, 3.05) is 26.7 Å². The van der Waals surface area contributed by atoms with E-state index in [1.54, 1.807) is 13.2 Å². The van der Waals surface area contributed by atoms with Crippen molar-refractivity contribution in [3.05, 3.63) is 65.4 Å². The average molecular weight is 417 g/mol. The quantitative estimate of drug-likeness (QED) is 0.637. The Morgan fingerprint density at radius 1 is 1.23 bits per heavy atom. The average Bonchev–Trinajstić information content (AvgIpc) is 3.22. The monoisotopic (exact) mass is 416 g/mol. The zero-order valence-corrected chi connectivity index (χ0v) is 17.9. The number of nitrogens with two attached hydrogens (primary N) is 1. The molecule has 1 saturated heterocycles. The molecule has 0 bridgehead atoms. The van der Waals surface area contributed by atoms with Gasteiger partial charge in [-0.15, -0.1) is 0 Å². The van der Waals surface area contributed by atoms with Gasteiger partial charge in [0.2, 0.25) is 5.91 Å². The molecule has 0 atom stereocenters. The molecule has 6 nitrogen and oxygen atoms in total. The number of amides is 1. The molecule has 0 radical (unpaired) electrons. The summed E-state index contributed by atoms with van der Waals surface area (Å²) in [4.78, 5) is 14.1. The number of hydrogen-bond donors (Lipinski definition) is 1. The van der Waals surface area contributed by atoms with Crippen molar-refractivity contribution in [1.82, 2.24) is 9.47 Å². The third-order valence-corrected chi connectivity index (χ3v) is 6.36. The van der Waals surface area contributed by atoms with Gasteiger partial charge >= 0.3 is 0 Å². The molecule has 0 unspecified atom stereocenters. The first kappa shape index (κ1) is 21.0. The Balaban J connectivity index is 1.41. The summed E-state index contributed by atoms with van der Waals surface area (Å²) in [7, 11) is 1.69. The fourth-order valence-corrected chi connectivity index (χ4v) is 4.65. The fourth-order valence-electron chi connectivity index (χ4n) is 4.65. The van der Waals surface area contributed by atoms with Gasteiger partial charge in [-0.25, -0.2) is 0 Å². The number of nitrogens with zero attached hydrogens (tertiary/aromatic N) is 3. The minimum absolute atomic E-state index is 0.392. The van der Waals surface area contributed by atoms with Crippen LogP contribution in [0, 0.1) is 11.3 Å². The number of fused-ring (bicyclic) bond motifs is 1. The van der Waals surface area contributed by atoms with Gasteiger partial charge in [0.05, 0.1) is 19.6 Å². The van der Waals surface area contributed by atoms with Crippen LogP contribution in [0.1, 0.15) is 40.4 Å². The lowest BCUT2D eigenvalue weighted by atomic mass is 9.99. The molecular weight excluding hydrogens is 388 g/mol. The molecule has 1 fully saturated rings. The Labute approximate surface area is 182 Å². The lowest BCUT2D eigenvalue weighted by molar-refractivity contribution is 0.100. The summed E-state index contributed by atoms with van der Waals surface area (Å²) < 4.78 is 7.84. The number of hydrogen-bond acceptors (Lipinski definition) is 4. The lowest BCUT2D eigenvalue weighted by Crippen LogP contribution is -2.36. The van der Waals surface area contributed by atoms with Gasteiger partial charge in [0.25, 0.3) is 0 Å². The van der Waals surface area contributed by atoms with Gasteiger partial charge in [0, 0.05) is 43.0 Å². The molecular formula is C25H28N4O2. The smallest absolute Gasteiger partial charge is 0.248 e. The first-order valence-corrected chi connectivity index (χ1v) is 10.7. The fraction of sp³-hybridized carbons (Fsp3) is 0.360. The number of methoxy groups -OCH3 is 1. The van der Waals surface area contributed by atoms with E-state index in [0.29, 0.717) is 18.0 Å². The summed E-state index contributed by atoms with van der Waals surface area (Å²) in [6.45, 7) is 2.98. The Kier molecular flexibility index (Phi) is 6.24. The molecule has 6 heteroatoms. The van der Waals surface area contributed by atoms with Crippen LogP contribution in [0.5, 0.6) is 5.75 Å². The van der Waals surface area contributed by atoms with E-state index in [1.807, 2.05) is 30.3 Å². The molecule has 0 spiro atoms. The van der Waals surface area contributed by atoms with E-state index >= 15 is 0 Å². The molecule has 0 saturated carbocycles. The van der Waals surface area contributed by atoms with Crippen molar-refractivity contribution in [3.63, 3.8) is 0 Å². The van der Waals surface area contributed by atoms with E-state index in [9.17, 15) is 4.79 Å². The summed E-state index contributed by atoms with van der Waals surface area (Å²) in [6.07, 6.45) is 5.52. The highest BCUT2D eigenvalue weighted by molar-refractivity contribution is 5.97. The Morgan fingerprint density at radius 3 is 2.74 bits per heavy atom. The summed E-state index contributed by atoms with van der Waals surface area (Å²) in [6, 6.07) is 16.4. The van der Waals surface area contributed by atoms with E-state index in [1.165, 1.54) is 0 Å². The molecule has 2 N–H and O–H groups in total. The first-order valence-electron chi connectivity index (χ1n) is 10.7. The number of piperidine rings is 1. The minimum atomic E-state index is -0.392. The van der Waals surface area contributed by atoms with Gasteiger partial charge in [0.15, 0.2) is 0 Å². The van der Waals surface area contributed by atoms with Gasteiger partial charge in [-0.2, -0.15) is 5.26 Å². The molecule has 2 aromatic carbocycles. The molecule has 160 valence electrons. The lowest BCUT2D eigenvalue weighted by Gasteiger charge is -2.33. The van der Waals surface area contributed by atoms with Crippen LogP contribution in [0.4, 0.5) is 0 Å². The highest BCUT2D eigenvalue weighted by Gasteiger charge is 2.22. The second kappa shape index (κ2) is 9.23. The SMILES string of the molecule is COc1cccc(CC#N)c1CCN1CCC(n2ccc3ccc(C(N)=O)cc32)CC1. The van der Waals surface area contributed by atoms with Crippen molar-refractivity contribution in [2.45, 2.75) is 31.7 Å². The normalized spacial score (nSPS) is 15.1. The van der Waals surface area contributed by atoms with Crippen molar-refractivity contribution < 1.29 is 9.53 Å². The Hall–Kier alpha value is -3.30.